The molecule has 0 radical (unpaired) electrons. The topological polar surface area (TPSA) is 42.1 Å². The highest BCUT2D eigenvalue weighted by molar-refractivity contribution is 5.88. The number of fused-ring (bicyclic) bond motifs is 2. The lowest BCUT2D eigenvalue weighted by atomic mass is 9.86. The summed E-state index contributed by atoms with van der Waals surface area (Å²) < 4.78 is 0. The van der Waals surface area contributed by atoms with Gasteiger partial charge in [-0.05, 0) is 85.8 Å². The summed E-state index contributed by atoms with van der Waals surface area (Å²) >= 11 is 0. The van der Waals surface area contributed by atoms with Crippen molar-refractivity contribution < 1.29 is 0 Å². The van der Waals surface area contributed by atoms with Crippen LogP contribution in [0.25, 0.3) is 21.8 Å². The SMILES string of the molecule is CCN(CC)n1nc2ccc(C(C)(C)C)cc2c1C#Cc1c2cc(C(C)(C)C)ccc2nn1N(CC)CC. The van der Waals surface area contributed by atoms with Gasteiger partial charge >= 0.3 is 0 Å². The quantitative estimate of drug-likeness (QED) is 0.283. The summed E-state index contributed by atoms with van der Waals surface area (Å²) in [5, 5.41) is 16.6. The fraction of sp³-hybridized carbons (Fsp3) is 0.500. The van der Waals surface area contributed by atoms with Crippen molar-refractivity contribution in [2.24, 2.45) is 0 Å². The number of nitrogens with zero attached hydrogens (tertiary/aromatic N) is 6. The molecule has 2 aromatic heterocycles. The zero-order chi connectivity index (χ0) is 27.8. The average Bonchev–Trinajstić information content (AvgIpc) is 3.40. The van der Waals surface area contributed by atoms with E-state index in [1.54, 1.807) is 0 Å². The molecule has 0 aliphatic rings. The molecule has 4 aromatic rings. The van der Waals surface area contributed by atoms with Gasteiger partial charge in [-0.25, -0.2) is 0 Å². The lowest BCUT2D eigenvalue weighted by Gasteiger charge is -2.22. The highest BCUT2D eigenvalue weighted by Crippen LogP contribution is 2.29. The van der Waals surface area contributed by atoms with Crippen LogP contribution >= 0.6 is 0 Å². The lowest BCUT2D eigenvalue weighted by molar-refractivity contribution is 0.555. The van der Waals surface area contributed by atoms with Crippen LogP contribution in [0.15, 0.2) is 36.4 Å². The smallest absolute Gasteiger partial charge is 0.143 e. The van der Waals surface area contributed by atoms with Crippen LogP contribution in [0.1, 0.15) is 91.8 Å². The predicted molar refractivity (Wildman–Crippen MR) is 161 cm³/mol. The fourth-order valence-electron chi connectivity index (χ4n) is 4.82. The maximum absolute atomic E-state index is 4.98. The van der Waals surface area contributed by atoms with Crippen LogP contribution in [0.2, 0.25) is 0 Å². The molecule has 0 aliphatic carbocycles. The van der Waals surface area contributed by atoms with E-state index >= 15 is 0 Å². The zero-order valence-electron chi connectivity index (χ0n) is 25.0. The Morgan fingerprint density at radius 3 is 1.24 bits per heavy atom. The molecule has 0 N–H and O–H groups in total. The molecule has 0 atom stereocenters. The number of benzene rings is 2. The number of hydrogen-bond acceptors (Lipinski definition) is 4. The van der Waals surface area contributed by atoms with Crippen molar-refractivity contribution in [3.05, 3.63) is 58.9 Å². The van der Waals surface area contributed by atoms with Gasteiger partial charge < -0.3 is 0 Å². The maximum atomic E-state index is 4.98. The Balaban J connectivity index is 2.02. The molecular formula is C32H44N6. The summed E-state index contributed by atoms with van der Waals surface area (Å²) in [7, 11) is 0. The fourth-order valence-corrected chi connectivity index (χ4v) is 4.82. The van der Waals surface area contributed by atoms with Crippen molar-refractivity contribution in [1.29, 1.82) is 0 Å². The van der Waals surface area contributed by atoms with Crippen molar-refractivity contribution >= 4 is 21.8 Å². The molecule has 0 fully saturated rings. The zero-order valence-corrected chi connectivity index (χ0v) is 25.0. The normalized spacial score (nSPS) is 12.2. The van der Waals surface area contributed by atoms with Gasteiger partial charge in [0.2, 0.25) is 0 Å². The highest BCUT2D eigenvalue weighted by atomic mass is 15.7. The highest BCUT2D eigenvalue weighted by Gasteiger charge is 2.21. The predicted octanol–water partition coefficient (Wildman–Crippen LogP) is 6.34. The van der Waals surface area contributed by atoms with E-state index in [1.807, 2.05) is 9.58 Å². The Morgan fingerprint density at radius 1 is 0.605 bits per heavy atom. The molecule has 2 heterocycles. The van der Waals surface area contributed by atoms with Gasteiger partial charge in [0, 0.05) is 37.0 Å². The molecule has 0 aliphatic heterocycles. The molecule has 6 nitrogen and oxygen atoms in total. The third-order valence-electron chi connectivity index (χ3n) is 7.34. The van der Waals surface area contributed by atoms with E-state index in [1.165, 1.54) is 11.1 Å². The number of rotatable bonds is 6. The van der Waals surface area contributed by atoms with E-state index in [4.69, 9.17) is 10.2 Å². The minimum Gasteiger partial charge on any atom is -0.296 e. The minimum absolute atomic E-state index is 0.0388. The Kier molecular flexibility index (Phi) is 7.52. The molecule has 0 unspecified atom stereocenters. The van der Waals surface area contributed by atoms with E-state index in [2.05, 4.69) is 127 Å². The molecule has 0 spiro atoms. The summed E-state index contributed by atoms with van der Waals surface area (Å²) in [4.78, 5) is 4.01. The second-order valence-electron chi connectivity index (χ2n) is 12.0. The molecule has 0 bridgehead atoms. The maximum Gasteiger partial charge on any atom is 0.143 e. The van der Waals surface area contributed by atoms with Crippen LogP contribution in [0.5, 0.6) is 0 Å². The Bertz CT molecular complexity index is 1380. The summed E-state index contributed by atoms with van der Waals surface area (Å²) in [6.45, 7) is 25.5. The van der Waals surface area contributed by atoms with Gasteiger partial charge in [0.25, 0.3) is 0 Å². The molecule has 202 valence electrons. The van der Waals surface area contributed by atoms with Gasteiger partial charge in [-0.2, -0.15) is 19.8 Å². The van der Waals surface area contributed by atoms with Crippen LogP contribution in [-0.4, -0.2) is 46.0 Å². The standard InChI is InChI=1S/C32H44N6/c1-11-35(12-2)37-29(25-21-23(31(5,6)7)15-17-27(25)33-37)19-20-30-26-22-24(32(8,9)10)16-18-28(26)34-38(30)36(13-3)14-4/h15-18,21-22H,11-14H2,1-10H3. The first-order valence-corrected chi connectivity index (χ1v) is 14.0. The Labute approximate surface area is 228 Å². The Morgan fingerprint density at radius 2 is 0.947 bits per heavy atom. The van der Waals surface area contributed by atoms with E-state index in [0.29, 0.717) is 0 Å². The first-order valence-electron chi connectivity index (χ1n) is 14.0. The molecule has 0 amide bonds. The minimum atomic E-state index is 0.0388. The molecule has 4 rings (SSSR count). The molecule has 0 saturated carbocycles. The lowest BCUT2D eigenvalue weighted by Crippen LogP contribution is -2.36. The van der Waals surface area contributed by atoms with Crippen molar-refractivity contribution in [2.45, 2.75) is 80.1 Å². The summed E-state index contributed by atoms with van der Waals surface area (Å²) in [5.41, 5.74) is 6.40. The largest absolute Gasteiger partial charge is 0.296 e. The van der Waals surface area contributed by atoms with Gasteiger partial charge in [0.1, 0.15) is 11.4 Å². The monoisotopic (exact) mass is 512 g/mol. The van der Waals surface area contributed by atoms with Crippen LogP contribution in [0, 0.1) is 11.8 Å². The van der Waals surface area contributed by atoms with Gasteiger partial charge in [0.05, 0.1) is 11.0 Å². The van der Waals surface area contributed by atoms with Gasteiger partial charge in [-0.3, -0.25) is 10.0 Å². The molecule has 6 heteroatoms. The summed E-state index contributed by atoms with van der Waals surface area (Å²) in [6.07, 6.45) is 0. The second kappa shape index (κ2) is 10.4. The molecule has 0 saturated heterocycles. The van der Waals surface area contributed by atoms with Crippen molar-refractivity contribution in [2.75, 3.05) is 36.2 Å². The van der Waals surface area contributed by atoms with Crippen molar-refractivity contribution in [3.63, 3.8) is 0 Å². The van der Waals surface area contributed by atoms with Gasteiger partial charge in [-0.1, -0.05) is 53.7 Å². The van der Waals surface area contributed by atoms with Crippen LogP contribution in [-0.2, 0) is 10.8 Å². The molecule has 38 heavy (non-hydrogen) atoms. The van der Waals surface area contributed by atoms with Crippen LogP contribution in [0.4, 0.5) is 0 Å². The third kappa shape index (κ3) is 5.12. The number of aromatic nitrogens is 4. The van der Waals surface area contributed by atoms with E-state index in [0.717, 1.165) is 59.4 Å². The summed E-state index contributed by atoms with van der Waals surface area (Å²) in [5.74, 6) is 7.16. The van der Waals surface area contributed by atoms with Gasteiger partial charge in [-0.15, -0.1) is 0 Å². The molecule has 2 aromatic carbocycles. The first kappa shape index (κ1) is 27.6. The van der Waals surface area contributed by atoms with Crippen LogP contribution < -0.4 is 10.0 Å². The van der Waals surface area contributed by atoms with Crippen LogP contribution in [0.3, 0.4) is 0 Å². The molecular weight excluding hydrogens is 468 g/mol. The van der Waals surface area contributed by atoms with Crippen molar-refractivity contribution in [3.8, 4) is 11.8 Å². The first-order chi connectivity index (χ1) is 17.9. The van der Waals surface area contributed by atoms with E-state index < -0.39 is 0 Å². The Hall–Kier alpha value is -3.46. The van der Waals surface area contributed by atoms with E-state index in [9.17, 15) is 0 Å². The second-order valence-corrected chi connectivity index (χ2v) is 12.0. The van der Waals surface area contributed by atoms with E-state index in [-0.39, 0.29) is 10.8 Å². The average molecular weight is 513 g/mol. The summed E-state index contributed by atoms with van der Waals surface area (Å²) in [6, 6.07) is 13.2. The third-order valence-corrected chi connectivity index (χ3v) is 7.34. The van der Waals surface area contributed by atoms with Gasteiger partial charge in [0.15, 0.2) is 0 Å². The van der Waals surface area contributed by atoms with Crippen molar-refractivity contribution in [1.82, 2.24) is 19.8 Å². The number of hydrogen-bond donors (Lipinski definition) is 0.